The van der Waals surface area contributed by atoms with E-state index in [0.717, 1.165) is 35.3 Å². The molecule has 3 heterocycles. The summed E-state index contributed by atoms with van der Waals surface area (Å²) < 4.78 is 1.93. The Labute approximate surface area is 150 Å². The van der Waals surface area contributed by atoms with Crippen LogP contribution in [-0.4, -0.2) is 25.7 Å². The van der Waals surface area contributed by atoms with Gasteiger partial charge < -0.3 is 0 Å². The molecule has 0 atom stereocenters. The van der Waals surface area contributed by atoms with Crippen molar-refractivity contribution in [1.29, 1.82) is 0 Å². The van der Waals surface area contributed by atoms with E-state index >= 15 is 0 Å². The predicted molar refractivity (Wildman–Crippen MR) is 99.3 cm³/mol. The highest BCUT2D eigenvalue weighted by Crippen LogP contribution is 2.41. The number of hydrogen-bond donors (Lipinski definition) is 1. The Morgan fingerprint density at radius 2 is 2.12 bits per heavy atom. The van der Waals surface area contributed by atoms with Gasteiger partial charge in [0.1, 0.15) is 0 Å². The number of aryl methyl sites for hydroxylation is 1. The van der Waals surface area contributed by atoms with Gasteiger partial charge in [0.25, 0.3) is 5.91 Å². The minimum absolute atomic E-state index is 0.152. The van der Waals surface area contributed by atoms with Crippen LogP contribution in [0, 0.1) is 6.92 Å². The second-order valence-corrected chi connectivity index (χ2v) is 8.42. The van der Waals surface area contributed by atoms with E-state index in [2.05, 4.69) is 36.2 Å². The van der Waals surface area contributed by atoms with Gasteiger partial charge in [-0.1, -0.05) is 0 Å². The second-order valence-electron chi connectivity index (χ2n) is 7.53. The summed E-state index contributed by atoms with van der Waals surface area (Å²) in [4.78, 5) is 21.9. The first-order valence-corrected chi connectivity index (χ1v) is 9.34. The van der Waals surface area contributed by atoms with Crippen molar-refractivity contribution in [2.75, 3.05) is 5.32 Å². The molecule has 1 aliphatic rings. The fourth-order valence-corrected chi connectivity index (χ4v) is 3.52. The van der Waals surface area contributed by atoms with Gasteiger partial charge in [-0.3, -0.25) is 10.1 Å². The van der Waals surface area contributed by atoms with Crippen molar-refractivity contribution in [3.63, 3.8) is 0 Å². The van der Waals surface area contributed by atoms with Crippen LogP contribution in [0.5, 0.6) is 0 Å². The Bertz CT molecular complexity index is 948. The molecule has 25 heavy (non-hydrogen) atoms. The van der Waals surface area contributed by atoms with Crippen LogP contribution in [0.3, 0.4) is 0 Å². The number of anilines is 1. The van der Waals surface area contributed by atoms with Crippen molar-refractivity contribution < 1.29 is 4.79 Å². The molecule has 130 valence electrons. The Kier molecular flexibility index (Phi) is 3.64. The molecule has 1 saturated carbocycles. The number of amides is 1. The largest absolute Gasteiger partial charge is 0.298 e. The summed E-state index contributed by atoms with van der Waals surface area (Å²) in [5.74, 6) is 0.306. The molecule has 1 fully saturated rings. The summed E-state index contributed by atoms with van der Waals surface area (Å²) in [5.41, 5.74) is 3.03. The molecular formula is C18H21N5OS. The zero-order valence-electron chi connectivity index (χ0n) is 14.8. The molecule has 6 nitrogen and oxygen atoms in total. The van der Waals surface area contributed by atoms with Crippen LogP contribution in [0.2, 0.25) is 0 Å². The van der Waals surface area contributed by atoms with Gasteiger partial charge in [-0.2, -0.15) is 5.10 Å². The molecule has 0 aliphatic heterocycles. The third-order valence-electron chi connectivity index (χ3n) is 4.36. The van der Waals surface area contributed by atoms with Gasteiger partial charge in [-0.05, 0) is 46.6 Å². The van der Waals surface area contributed by atoms with Gasteiger partial charge in [0.15, 0.2) is 10.8 Å². The van der Waals surface area contributed by atoms with Gasteiger partial charge in [0, 0.05) is 23.2 Å². The third-order valence-corrected chi connectivity index (χ3v) is 5.05. The highest BCUT2D eigenvalue weighted by molar-refractivity contribution is 7.13. The number of carbonyl (C=O) groups is 1. The number of nitrogens with one attached hydrogen (secondary N) is 1. The molecule has 0 radical (unpaired) electrons. The summed E-state index contributed by atoms with van der Waals surface area (Å²) in [7, 11) is 0. The van der Waals surface area contributed by atoms with Crippen molar-refractivity contribution in [3.05, 3.63) is 34.6 Å². The standard InChI is InChI=1S/C18H21N5OS/c1-10-14-12(16(24)21-17-19-7-8-25-17)9-13(11-5-6-11)20-15(14)23(22-10)18(2,3)4/h7-9,11H,5-6H2,1-4H3,(H,19,21,24). The molecule has 1 aliphatic carbocycles. The average molecular weight is 355 g/mol. The Balaban J connectivity index is 1.90. The fraction of sp³-hybridized carbons (Fsp3) is 0.444. The number of fused-ring (bicyclic) bond motifs is 1. The molecule has 3 aromatic heterocycles. The molecule has 0 bridgehead atoms. The molecule has 1 amide bonds. The summed E-state index contributed by atoms with van der Waals surface area (Å²) in [6.07, 6.45) is 3.95. The van der Waals surface area contributed by atoms with E-state index in [1.165, 1.54) is 11.3 Å². The van der Waals surface area contributed by atoms with Crippen molar-refractivity contribution in [2.24, 2.45) is 0 Å². The van der Waals surface area contributed by atoms with E-state index < -0.39 is 0 Å². The van der Waals surface area contributed by atoms with E-state index in [0.29, 0.717) is 16.6 Å². The number of hydrogen-bond acceptors (Lipinski definition) is 5. The number of pyridine rings is 1. The SMILES string of the molecule is Cc1nn(C(C)(C)C)c2nc(C3CC3)cc(C(=O)Nc3nccs3)c12. The first kappa shape index (κ1) is 16.2. The van der Waals surface area contributed by atoms with Crippen molar-refractivity contribution in [3.8, 4) is 0 Å². The molecule has 4 rings (SSSR count). The molecule has 0 aromatic carbocycles. The predicted octanol–water partition coefficient (Wildman–Crippen LogP) is 4.08. The Morgan fingerprint density at radius 3 is 2.72 bits per heavy atom. The smallest absolute Gasteiger partial charge is 0.258 e. The van der Waals surface area contributed by atoms with Crippen LogP contribution < -0.4 is 5.32 Å². The Hall–Kier alpha value is -2.28. The van der Waals surface area contributed by atoms with E-state index in [9.17, 15) is 4.79 Å². The summed E-state index contributed by atoms with van der Waals surface area (Å²) in [5, 5.41) is 10.9. The van der Waals surface area contributed by atoms with Crippen LogP contribution in [0.15, 0.2) is 17.6 Å². The topological polar surface area (TPSA) is 72.7 Å². The monoisotopic (exact) mass is 355 g/mol. The maximum absolute atomic E-state index is 12.9. The lowest BCUT2D eigenvalue weighted by Crippen LogP contribution is -2.23. The first-order valence-electron chi connectivity index (χ1n) is 8.46. The first-order chi connectivity index (χ1) is 11.8. The molecule has 0 spiro atoms. The Morgan fingerprint density at radius 1 is 1.36 bits per heavy atom. The van der Waals surface area contributed by atoms with Crippen molar-refractivity contribution in [2.45, 2.75) is 52.0 Å². The molecule has 0 unspecified atom stereocenters. The van der Waals surface area contributed by atoms with Crippen LogP contribution in [0.1, 0.15) is 61.3 Å². The van der Waals surface area contributed by atoms with Crippen LogP contribution in [0.4, 0.5) is 5.13 Å². The molecule has 0 saturated heterocycles. The fourth-order valence-electron chi connectivity index (χ4n) is 2.99. The quantitative estimate of drug-likeness (QED) is 0.768. The van der Waals surface area contributed by atoms with E-state index in [1.807, 2.05) is 23.1 Å². The third kappa shape index (κ3) is 2.93. The van der Waals surface area contributed by atoms with Gasteiger partial charge in [0.2, 0.25) is 0 Å². The van der Waals surface area contributed by atoms with E-state index in [4.69, 9.17) is 4.98 Å². The lowest BCUT2D eigenvalue weighted by molar-refractivity contribution is 0.102. The number of nitrogens with zero attached hydrogens (tertiary/aromatic N) is 4. The zero-order chi connectivity index (χ0) is 17.8. The molecular weight excluding hydrogens is 334 g/mol. The summed E-state index contributed by atoms with van der Waals surface area (Å²) in [6.45, 7) is 8.22. The van der Waals surface area contributed by atoms with Gasteiger partial charge >= 0.3 is 0 Å². The maximum atomic E-state index is 12.9. The second kappa shape index (κ2) is 5.62. The van der Waals surface area contributed by atoms with Crippen LogP contribution in [-0.2, 0) is 5.54 Å². The normalized spacial score (nSPS) is 14.9. The lowest BCUT2D eigenvalue weighted by atomic mass is 10.1. The van der Waals surface area contributed by atoms with Crippen molar-refractivity contribution >= 4 is 33.4 Å². The maximum Gasteiger partial charge on any atom is 0.258 e. The van der Waals surface area contributed by atoms with E-state index in [-0.39, 0.29) is 11.4 Å². The van der Waals surface area contributed by atoms with Gasteiger partial charge in [-0.15, -0.1) is 11.3 Å². The minimum atomic E-state index is -0.204. The summed E-state index contributed by atoms with van der Waals surface area (Å²) >= 11 is 1.41. The number of rotatable bonds is 3. The molecule has 1 N–H and O–H groups in total. The lowest BCUT2D eigenvalue weighted by Gasteiger charge is -2.20. The highest BCUT2D eigenvalue weighted by atomic mass is 32.1. The van der Waals surface area contributed by atoms with Crippen molar-refractivity contribution in [1.82, 2.24) is 19.7 Å². The van der Waals surface area contributed by atoms with E-state index in [1.54, 1.807) is 6.20 Å². The molecule has 7 heteroatoms. The molecule has 3 aromatic rings. The number of thiazole rings is 1. The zero-order valence-corrected chi connectivity index (χ0v) is 15.6. The number of aromatic nitrogens is 4. The van der Waals surface area contributed by atoms with Gasteiger partial charge in [-0.25, -0.2) is 14.6 Å². The van der Waals surface area contributed by atoms with Gasteiger partial charge in [0.05, 0.1) is 22.2 Å². The summed E-state index contributed by atoms with van der Waals surface area (Å²) in [6, 6.07) is 1.94. The van der Waals surface area contributed by atoms with Crippen LogP contribution >= 0.6 is 11.3 Å². The van der Waals surface area contributed by atoms with Crippen LogP contribution in [0.25, 0.3) is 11.0 Å². The highest BCUT2D eigenvalue weighted by Gasteiger charge is 2.30. The average Bonchev–Trinajstić information content (AvgIpc) is 3.17. The minimum Gasteiger partial charge on any atom is -0.298 e. The number of carbonyl (C=O) groups excluding carboxylic acids is 1.